The molecule has 2 heteroatoms. The van der Waals surface area contributed by atoms with Crippen molar-refractivity contribution < 1.29 is 5.11 Å². The van der Waals surface area contributed by atoms with E-state index in [1.807, 2.05) is 12.2 Å². The molecule has 0 saturated heterocycles. The summed E-state index contributed by atoms with van der Waals surface area (Å²) in [6.07, 6.45) is 6.79. The van der Waals surface area contributed by atoms with Gasteiger partial charge in [0.1, 0.15) is 0 Å². The van der Waals surface area contributed by atoms with Crippen molar-refractivity contribution in [1.29, 1.82) is 0 Å². The van der Waals surface area contributed by atoms with E-state index in [1.54, 1.807) is 0 Å². The van der Waals surface area contributed by atoms with Gasteiger partial charge in [-0.05, 0) is 19.3 Å². The lowest BCUT2D eigenvalue weighted by Crippen LogP contribution is -2.40. The minimum Gasteiger partial charge on any atom is -0.391 e. The highest BCUT2D eigenvalue weighted by Crippen LogP contribution is 2.23. The zero-order valence-corrected chi connectivity index (χ0v) is 8.15. The molecule has 0 spiro atoms. The van der Waals surface area contributed by atoms with Crippen LogP contribution in [0.15, 0.2) is 25.3 Å². The molecule has 0 aromatic rings. The van der Waals surface area contributed by atoms with Crippen LogP contribution in [0.25, 0.3) is 0 Å². The molecule has 0 unspecified atom stereocenters. The molecule has 1 N–H and O–H groups in total. The summed E-state index contributed by atoms with van der Waals surface area (Å²) in [5.41, 5.74) is 0. The van der Waals surface area contributed by atoms with Gasteiger partial charge in [-0.2, -0.15) is 0 Å². The molecule has 1 fully saturated rings. The topological polar surface area (TPSA) is 23.5 Å². The van der Waals surface area contributed by atoms with Crippen LogP contribution in [0, 0.1) is 0 Å². The van der Waals surface area contributed by atoms with Crippen molar-refractivity contribution in [2.45, 2.75) is 31.4 Å². The van der Waals surface area contributed by atoms with E-state index in [2.05, 4.69) is 18.1 Å². The Kier molecular flexibility index (Phi) is 4.19. The van der Waals surface area contributed by atoms with Gasteiger partial charge in [0.2, 0.25) is 0 Å². The molecular weight excluding hydrogens is 162 g/mol. The second kappa shape index (κ2) is 5.20. The Morgan fingerprint density at radius 1 is 1.23 bits per heavy atom. The molecule has 0 heterocycles. The van der Waals surface area contributed by atoms with E-state index in [0.29, 0.717) is 6.04 Å². The van der Waals surface area contributed by atoms with Gasteiger partial charge in [-0.25, -0.2) is 0 Å². The molecule has 0 radical (unpaired) electrons. The molecule has 2 nitrogen and oxygen atoms in total. The van der Waals surface area contributed by atoms with Crippen LogP contribution in [-0.2, 0) is 0 Å². The molecule has 0 bridgehead atoms. The van der Waals surface area contributed by atoms with Gasteiger partial charge >= 0.3 is 0 Å². The Hall–Kier alpha value is -0.600. The smallest absolute Gasteiger partial charge is 0.0695 e. The molecule has 0 aromatic carbocycles. The molecular formula is C11H19NO. The van der Waals surface area contributed by atoms with E-state index in [1.165, 1.54) is 0 Å². The molecule has 0 aliphatic heterocycles. The summed E-state index contributed by atoms with van der Waals surface area (Å²) in [6.45, 7) is 9.13. The van der Waals surface area contributed by atoms with Gasteiger partial charge in [-0.3, -0.25) is 4.90 Å². The third-order valence-corrected chi connectivity index (χ3v) is 2.64. The zero-order chi connectivity index (χ0) is 9.68. The molecule has 0 amide bonds. The van der Waals surface area contributed by atoms with Crippen LogP contribution in [0.3, 0.4) is 0 Å². The third-order valence-electron chi connectivity index (χ3n) is 2.64. The van der Waals surface area contributed by atoms with Gasteiger partial charge in [-0.1, -0.05) is 12.2 Å². The summed E-state index contributed by atoms with van der Waals surface area (Å²) in [7, 11) is 0. The van der Waals surface area contributed by atoms with Crippen LogP contribution in [0.1, 0.15) is 19.3 Å². The number of hydrogen-bond acceptors (Lipinski definition) is 2. The van der Waals surface area contributed by atoms with E-state index in [4.69, 9.17) is 0 Å². The van der Waals surface area contributed by atoms with E-state index in [9.17, 15) is 5.11 Å². The van der Waals surface area contributed by atoms with Crippen molar-refractivity contribution in [3.8, 4) is 0 Å². The normalized spacial score (nSPS) is 27.8. The second-order valence-electron chi connectivity index (χ2n) is 3.60. The first kappa shape index (κ1) is 10.5. The van der Waals surface area contributed by atoms with Crippen LogP contribution in [0.4, 0.5) is 0 Å². The van der Waals surface area contributed by atoms with Crippen LogP contribution in [0.5, 0.6) is 0 Å². The van der Waals surface area contributed by atoms with Crippen molar-refractivity contribution in [2.75, 3.05) is 13.1 Å². The Morgan fingerprint density at radius 3 is 2.23 bits per heavy atom. The highest BCUT2D eigenvalue weighted by molar-refractivity contribution is 4.90. The highest BCUT2D eigenvalue weighted by atomic mass is 16.3. The molecule has 74 valence electrons. The second-order valence-corrected chi connectivity index (χ2v) is 3.60. The average molecular weight is 181 g/mol. The Balaban J connectivity index is 2.51. The van der Waals surface area contributed by atoms with Gasteiger partial charge in [0.25, 0.3) is 0 Å². The van der Waals surface area contributed by atoms with Crippen molar-refractivity contribution in [3.05, 3.63) is 25.3 Å². The predicted molar refractivity (Wildman–Crippen MR) is 55.6 cm³/mol. The first-order valence-corrected chi connectivity index (χ1v) is 4.93. The summed E-state index contributed by atoms with van der Waals surface area (Å²) >= 11 is 0. The highest BCUT2D eigenvalue weighted by Gasteiger charge is 2.29. The first-order chi connectivity index (χ1) is 6.29. The maximum atomic E-state index is 9.70. The van der Waals surface area contributed by atoms with Crippen molar-refractivity contribution in [2.24, 2.45) is 0 Å². The minimum atomic E-state index is -0.153. The Labute approximate surface area is 80.6 Å². The fourth-order valence-electron chi connectivity index (χ4n) is 2.02. The fraction of sp³-hybridized carbons (Fsp3) is 0.636. The monoisotopic (exact) mass is 181 g/mol. The molecule has 1 aliphatic rings. The van der Waals surface area contributed by atoms with E-state index in [-0.39, 0.29) is 6.10 Å². The van der Waals surface area contributed by atoms with Crippen molar-refractivity contribution in [1.82, 2.24) is 4.90 Å². The van der Waals surface area contributed by atoms with Crippen molar-refractivity contribution in [3.63, 3.8) is 0 Å². The van der Waals surface area contributed by atoms with Crippen LogP contribution < -0.4 is 0 Å². The lowest BCUT2D eigenvalue weighted by atomic mass is 10.2. The standard InChI is InChI=1S/C11H19NO/c1-3-8-12(9-4-2)10-6-5-7-11(10)13/h3-4,10-11,13H,1-2,5-9H2/t10-,11-/m1/s1. The maximum absolute atomic E-state index is 9.70. The fourth-order valence-corrected chi connectivity index (χ4v) is 2.02. The van der Waals surface area contributed by atoms with E-state index >= 15 is 0 Å². The Bertz CT molecular complexity index is 169. The minimum absolute atomic E-state index is 0.153. The number of nitrogens with zero attached hydrogens (tertiary/aromatic N) is 1. The molecule has 2 atom stereocenters. The predicted octanol–water partition coefficient (Wildman–Crippen LogP) is 1.57. The molecule has 1 rings (SSSR count). The SMILES string of the molecule is C=CCN(CC=C)[C@@H]1CCC[C@H]1O. The number of rotatable bonds is 5. The molecule has 13 heavy (non-hydrogen) atoms. The van der Waals surface area contributed by atoms with E-state index in [0.717, 1.165) is 32.4 Å². The van der Waals surface area contributed by atoms with Crippen LogP contribution >= 0.6 is 0 Å². The number of aliphatic hydroxyl groups excluding tert-OH is 1. The number of hydrogen-bond donors (Lipinski definition) is 1. The summed E-state index contributed by atoms with van der Waals surface area (Å²) in [4.78, 5) is 2.23. The van der Waals surface area contributed by atoms with Gasteiger partial charge < -0.3 is 5.11 Å². The molecule has 1 aliphatic carbocycles. The average Bonchev–Trinajstić information content (AvgIpc) is 2.51. The first-order valence-electron chi connectivity index (χ1n) is 4.93. The molecule has 1 saturated carbocycles. The van der Waals surface area contributed by atoms with Gasteiger partial charge in [0.05, 0.1) is 6.10 Å². The largest absolute Gasteiger partial charge is 0.391 e. The summed E-state index contributed by atoms with van der Waals surface area (Å²) < 4.78 is 0. The summed E-state index contributed by atoms with van der Waals surface area (Å²) in [5.74, 6) is 0. The zero-order valence-electron chi connectivity index (χ0n) is 8.15. The summed E-state index contributed by atoms with van der Waals surface area (Å²) in [5, 5.41) is 9.70. The summed E-state index contributed by atoms with van der Waals surface area (Å²) in [6, 6.07) is 0.316. The lowest BCUT2D eigenvalue weighted by molar-refractivity contribution is 0.0846. The van der Waals surface area contributed by atoms with Crippen LogP contribution in [-0.4, -0.2) is 35.2 Å². The van der Waals surface area contributed by atoms with Gasteiger partial charge in [0.15, 0.2) is 0 Å². The van der Waals surface area contributed by atoms with Gasteiger partial charge in [-0.15, -0.1) is 13.2 Å². The third kappa shape index (κ3) is 2.68. The van der Waals surface area contributed by atoms with E-state index < -0.39 is 0 Å². The Morgan fingerprint density at radius 2 is 1.85 bits per heavy atom. The molecule has 0 aromatic heterocycles. The van der Waals surface area contributed by atoms with Gasteiger partial charge in [0, 0.05) is 19.1 Å². The maximum Gasteiger partial charge on any atom is 0.0695 e. The number of aliphatic hydroxyl groups is 1. The quantitative estimate of drug-likeness (QED) is 0.651. The van der Waals surface area contributed by atoms with Crippen molar-refractivity contribution >= 4 is 0 Å². The lowest BCUT2D eigenvalue weighted by Gasteiger charge is -2.28. The van der Waals surface area contributed by atoms with Crippen LogP contribution in [0.2, 0.25) is 0 Å².